The Kier molecular flexibility index (Phi) is 4.24. The molecule has 0 saturated carbocycles. The molecular weight excluding hydrogens is 250 g/mol. The van der Waals surface area contributed by atoms with Crippen LogP contribution in [0.5, 0.6) is 0 Å². The SMILES string of the molecule is CCC(C)(NC(=O)c1c[nH]c(C)cc1=O)C(N)=S. The van der Waals surface area contributed by atoms with Gasteiger partial charge in [0.25, 0.3) is 5.91 Å². The zero-order valence-corrected chi connectivity index (χ0v) is 11.5. The third kappa shape index (κ3) is 2.95. The first-order chi connectivity index (χ1) is 8.30. The van der Waals surface area contributed by atoms with Crippen LogP contribution in [0.4, 0.5) is 0 Å². The van der Waals surface area contributed by atoms with Crippen LogP contribution in [0.15, 0.2) is 17.1 Å². The molecule has 1 amide bonds. The Labute approximate surface area is 111 Å². The number of nitrogens with two attached hydrogens (primary N) is 1. The predicted octanol–water partition coefficient (Wildman–Crippen LogP) is 0.868. The molecule has 1 aromatic rings. The Morgan fingerprint density at radius 2 is 2.22 bits per heavy atom. The van der Waals surface area contributed by atoms with E-state index in [2.05, 4.69) is 10.3 Å². The monoisotopic (exact) mass is 267 g/mol. The Morgan fingerprint density at radius 1 is 1.61 bits per heavy atom. The van der Waals surface area contributed by atoms with E-state index < -0.39 is 11.4 Å². The lowest BCUT2D eigenvalue weighted by Gasteiger charge is -2.28. The third-order valence-corrected chi connectivity index (χ3v) is 3.39. The molecule has 0 aliphatic carbocycles. The van der Waals surface area contributed by atoms with E-state index in [0.29, 0.717) is 12.1 Å². The summed E-state index contributed by atoms with van der Waals surface area (Å²) in [7, 11) is 0. The molecule has 0 spiro atoms. The number of thiocarbonyl (C=S) groups is 1. The molecule has 0 radical (unpaired) electrons. The number of H-pyrrole nitrogens is 1. The van der Waals surface area contributed by atoms with E-state index in [4.69, 9.17) is 18.0 Å². The number of carbonyl (C=O) groups is 1. The molecule has 0 saturated heterocycles. The van der Waals surface area contributed by atoms with Gasteiger partial charge in [0.2, 0.25) is 0 Å². The van der Waals surface area contributed by atoms with Gasteiger partial charge in [0.15, 0.2) is 5.43 Å². The van der Waals surface area contributed by atoms with Crippen LogP contribution in [-0.4, -0.2) is 21.4 Å². The molecule has 0 aliphatic heterocycles. The van der Waals surface area contributed by atoms with Crippen LogP contribution in [0.3, 0.4) is 0 Å². The maximum atomic E-state index is 12.0. The molecule has 4 N–H and O–H groups in total. The molecule has 1 aromatic heterocycles. The van der Waals surface area contributed by atoms with Crippen molar-refractivity contribution in [1.29, 1.82) is 0 Å². The summed E-state index contributed by atoms with van der Waals surface area (Å²) in [6.07, 6.45) is 1.94. The van der Waals surface area contributed by atoms with Gasteiger partial charge >= 0.3 is 0 Å². The summed E-state index contributed by atoms with van der Waals surface area (Å²) in [6.45, 7) is 5.34. The minimum absolute atomic E-state index is 0.0523. The van der Waals surface area contributed by atoms with Crippen molar-refractivity contribution < 1.29 is 4.79 Å². The van der Waals surface area contributed by atoms with Crippen molar-refractivity contribution in [3.05, 3.63) is 33.7 Å². The van der Waals surface area contributed by atoms with Crippen LogP contribution in [0.25, 0.3) is 0 Å². The van der Waals surface area contributed by atoms with Crippen molar-refractivity contribution in [3.63, 3.8) is 0 Å². The van der Waals surface area contributed by atoms with Gasteiger partial charge in [0, 0.05) is 18.0 Å². The second kappa shape index (κ2) is 5.30. The topological polar surface area (TPSA) is 88.0 Å². The van der Waals surface area contributed by atoms with Crippen molar-refractivity contribution >= 4 is 23.1 Å². The molecule has 1 atom stereocenters. The van der Waals surface area contributed by atoms with Crippen molar-refractivity contribution in [3.8, 4) is 0 Å². The van der Waals surface area contributed by atoms with Crippen LogP contribution in [0, 0.1) is 6.92 Å². The first-order valence-electron chi connectivity index (χ1n) is 5.62. The first-order valence-corrected chi connectivity index (χ1v) is 6.02. The van der Waals surface area contributed by atoms with Crippen LogP contribution in [-0.2, 0) is 0 Å². The fourth-order valence-electron chi connectivity index (χ4n) is 1.39. The number of hydrogen-bond acceptors (Lipinski definition) is 3. The number of carbonyl (C=O) groups excluding carboxylic acids is 1. The molecule has 98 valence electrons. The van der Waals surface area contributed by atoms with Gasteiger partial charge in [0.05, 0.1) is 10.5 Å². The average Bonchev–Trinajstić information content (AvgIpc) is 2.28. The van der Waals surface area contributed by atoms with E-state index >= 15 is 0 Å². The molecule has 18 heavy (non-hydrogen) atoms. The first kappa shape index (κ1) is 14.4. The van der Waals surface area contributed by atoms with Crippen molar-refractivity contribution in [1.82, 2.24) is 10.3 Å². The van der Waals surface area contributed by atoms with E-state index in [0.717, 1.165) is 0 Å². The zero-order valence-electron chi connectivity index (χ0n) is 10.7. The zero-order chi connectivity index (χ0) is 13.9. The summed E-state index contributed by atoms with van der Waals surface area (Å²) in [4.78, 5) is 26.7. The largest absolute Gasteiger partial charge is 0.391 e. The lowest BCUT2D eigenvalue weighted by molar-refractivity contribution is 0.0925. The summed E-state index contributed by atoms with van der Waals surface area (Å²) in [6, 6.07) is 1.37. The molecule has 1 rings (SSSR count). The minimum atomic E-state index is -0.788. The molecule has 1 unspecified atom stereocenters. The van der Waals surface area contributed by atoms with E-state index in [1.807, 2.05) is 6.92 Å². The number of amides is 1. The van der Waals surface area contributed by atoms with E-state index in [-0.39, 0.29) is 16.0 Å². The lowest BCUT2D eigenvalue weighted by atomic mass is 9.98. The smallest absolute Gasteiger partial charge is 0.257 e. The van der Waals surface area contributed by atoms with Gasteiger partial charge in [-0.25, -0.2) is 0 Å². The minimum Gasteiger partial charge on any atom is -0.391 e. The second-order valence-corrected chi connectivity index (χ2v) is 4.84. The fourth-order valence-corrected chi connectivity index (χ4v) is 1.59. The molecule has 5 nitrogen and oxygen atoms in total. The number of aromatic nitrogens is 1. The highest BCUT2D eigenvalue weighted by atomic mass is 32.1. The summed E-state index contributed by atoms with van der Waals surface area (Å²) in [5.41, 5.74) is 5.23. The highest BCUT2D eigenvalue weighted by Gasteiger charge is 2.28. The molecule has 6 heteroatoms. The maximum Gasteiger partial charge on any atom is 0.257 e. The summed E-state index contributed by atoms with van der Waals surface area (Å²) < 4.78 is 0. The number of nitrogens with one attached hydrogen (secondary N) is 2. The molecule has 0 aromatic carbocycles. The number of pyridine rings is 1. The van der Waals surface area contributed by atoms with Gasteiger partial charge in [-0.15, -0.1) is 0 Å². The quantitative estimate of drug-likeness (QED) is 0.706. The van der Waals surface area contributed by atoms with Crippen molar-refractivity contribution in [2.75, 3.05) is 0 Å². The highest BCUT2D eigenvalue weighted by Crippen LogP contribution is 2.10. The molecule has 0 bridgehead atoms. The molecule has 0 aliphatic rings. The van der Waals surface area contributed by atoms with Gasteiger partial charge < -0.3 is 16.0 Å². The number of rotatable bonds is 4. The summed E-state index contributed by atoms with van der Waals surface area (Å²) >= 11 is 4.93. The molecular formula is C12H17N3O2S. The van der Waals surface area contributed by atoms with Crippen molar-refractivity contribution in [2.45, 2.75) is 32.7 Å². The van der Waals surface area contributed by atoms with Gasteiger partial charge in [-0.2, -0.15) is 0 Å². The van der Waals surface area contributed by atoms with Crippen LogP contribution >= 0.6 is 12.2 Å². The van der Waals surface area contributed by atoms with Gasteiger partial charge in [0.1, 0.15) is 5.56 Å². The number of hydrogen-bond donors (Lipinski definition) is 3. The van der Waals surface area contributed by atoms with Crippen LogP contribution < -0.4 is 16.5 Å². The molecule has 0 fully saturated rings. The Hall–Kier alpha value is -1.69. The predicted molar refractivity (Wildman–Crippen MR) is 74.7 cm³/mol. The van der Waals surface area contributed by atoms with E-state index in [9.17, 15) is 9.59 Å². The molecule has 1 heterocycles. The maximum absolute atomic E-state index is 12.0. The average molecular weight is 267 g/mol. The lowest BCUT2D eigenvalue weighted by Crippen LogP contribution is -2.54. The highest BCUT2D eigenvalue weighted by molar-refractivity contribution is 7.80. The number of aryl methyl sites for hydroxylation is 1. The summed E-state index contributed by atoms with van der Waals surface area (Å²) in [5.74, 6) is -0.478. The van der Waals surface area contributed by atoms with E-state index in [1.54, 1.807) is 13.8 Å². The van der Waals surface area contributed by atoms with Crippen LogP contribution in [0.2, 0.25) is 0 Å². The van der Waals surface area contributed by atoms with Crippen molar-refractivity contribution in [2.24, 2.45) is 5.73 Å². The number of aromatic amines is 1. The standard InChI is InChI=1S/C12H17N3O2S/c1-4-12(3,11(13)18)15-10(17)8-6-14-7(2)5-9(8)16/h5-6H,4H2,1-3H3,(H2,13,18)(H,14,16)(H,15,17). The Balaban J connectivity index is 3.02. The van der Waals surface area contributed by atoms with Gasteiger partial charge in [-0.3, -0.25) is 9.59 Å². The second-order valence-electron chi connectivity index (χ2n) is 4.40. The Bertz CT molecular complexity index is 538. The normalized spacial score (nSPS) is 13.7. The Morgan fingerprint density at radius 3 is 2.67 bits per heavy atom. The fraction of sp³-hybridized carbons (Fsp3) is 0.417. The van der Waals surface area contributed by atoms with Gasteiger partial charge in [-0.05, 0) is 20.3 Å². The van der Waals surface area contributed by atoms with Crippen LogP contribution in [0.1, 0.15) is 36.3 Å². The van der Waals surface area contributed by atoms with E-state index in [1.165, 1.54) is 12.3 Å². The third-order valence-electron chi connectivity index (χ3n) is 2.94. The van der Waals surface area contributed by atoms with Gasteiger partial charge in [-0.1, -0.05) is 19.1 Å². The summed E-state index contributed by atoms with van der Waals surface area (Å²) in [5, 5.41) is 2.69.